The number of thiophene rings is 1. The Morgan fingerprint density at radius 2 is 2.00 bits per heavy atom. The lowest BCUT2D eigenvalue weighted by Gasteiger charge is -2.28. The van der Waals surface area contributed by atoms with Gasteiger partial charge in [-0.15, -0.1) is 11.3 Å². The summed E-state index contributed by atoms with van der Waals surface area (Å²) in [6.07, 6.45) is 0. The highest BCUT2D eigenvalue weighted by molar-refractivity contribution is 7.19. The van der Waals surface area contributed by atoms with Crippen molar-refractivity contribution in [1.29, 1.82) is 0 Å². The molecule has 1 heterocycles. The second-order valence-electron chi connectivity index (χ2n) is 5.30. The number of hydrogen-bond donors (Lipinski definition) is 2. The van der Waals surface area contributed by atoms with Crippen molar-refractivity contribution in [3.05, 3.63) is 35.0 Å². The Labute approximate surface area is 105 Å². The van der Waals surface area contributed by atoms with Crippen LogP contribution in [0.2, 0.25) is 0 Å². The number of nitrogens with one attached hydrogen (secondary N) is 1. The van der Waals surface area contributed by atoms with Crippen LogP contribution in [0, 0.1) is 11.2 Å². The Kier molecular flexibility index (Phi) is 3.21. The first-order valence-electron chi connectivity index (χ1n) is 5.57. The van der Waals surface area contributed by atoms with Gasteiger partial charge < -0.3 is 0 Å². The van der Waals surface area contributed by atoms with Crippen LogP contribution < -0.4 is 11.3 Å². The fourth-order valence-corrected chi connectivity index (χ4v) is 3.32. The normalized spacial score (nSPS) is 14.2. The highest BCUT2D eigenvalue weighted by atomic mass is 32.1. The Morgan fingerprint density at radius 1 is 1.29 bits per heavy atom. The summed E-state index contributed by atoms with van der Waals surface area (Å²) in [7, 11) is 0. The van der Waals surface area contributed by atoms with Crippen LogP contribution in [0.4, 0.5) is 4.39 Å². The van der Waals surface area contributed by atoms with Crippen molar-refractivity contribution in [2.45, 2.75) is 26.8 Å². The van der Waals surface area contributed by atoms with Gasteiger partial charge in [0, 0.05) is 9.58 Å². The van der Waals surface area contributed by atoms with E-state index < -0.39 is 0 Å². The molecule has 0 aliphatic carbocycles. The predicted molar refractivity (Wildman–Crippen MR) is 71.3 cm³/mol. The average Bonchev–Trinajstić information content (AvgIpc) is 2.58. The van der Waals surface area contributed by atoms with E-state index in [9.17, 15) is 4.39 Å². The molecular weight excluding hydrogens is 235 g/mol. The van der Waals surface area contributed by atoms with Crippen molar-refractivity contribution in [3.8, 4) is 0 Å². The van der Waals surface area contributed by atoms with Crippen LogP contribution in [0.25, 0.3) is 10.1 Å². The fraction of sp³-hybridized carbons (Fsp3) is 0.385. The minimum atomic E-state index is -0.195. The predicted octanol–water partition coefficient (Wildman–Crippen LogP) is 3.59. The third kappa shape index (κ3) is 2.49. The van der Waals surface area contributed by atoms with Crippen molar-refractivity contribution in [2.75, 3.05) is 0 Å². The number of halogens is 1. The Morgan fingerprint density at radius 3 is 2.59 bits per heavy atom. The van der Waals surface area contributed by atoms with E-state index in [0.29, 0.717) is 0 Å². The molecule has 92 valence electrons. The van der Waals surface area contributed by atoms with Crippen LogP contribution in [0.3, 0.4) is 0 Å². The summed E-state index contributed by atoms with van der Waals surface area (Å²) in [5, 5.41) is 1.07. The molecule has 2 aromatic rings. The van der Waals surface area contributed by atoms with Crippen molar-refractivity contribution >= 4 is 21.4 Å². The first-order valence-corrected chi connectivity index (χ1v) is 6.38. The maximum Gasteiger partial charge on any atom is 0.124 e. The van der Waals surface area contributed by atoms with Gasteiger partial charge in [-0.05, 0) is 29.0 Å². The second-order valence-corrected chi connectivity index (χ2v) is 6.41. The number of fused-ring (bicyclic) bond motifs is 1. The summed E-state index contributed by atoms with van der Waals surface area (Å²) in [6, 6.07) is 7.01. The minimum absolute atomic E-state index is 0.0220. The monoisotopic (exact) mass is 252 g/mol. The molecule has 1 unspecified atom stereocenters. The van der Waals surface area contributed by atoms with E-state index in [2.05, 4.69) is 32.3 Å². The van der Waals surface area contributed by atoms with E-state index in [1.165, 1.54) is 6.07 Å². The van der Waals surface area contributed by atoms with Crippen molar-refractivity contribution in [2.24, 2.45) is 11.3 Å². The summed E-state index contributed by atoms with van der Waals surface area (Å²) in [5.41, 5.74) is 2.87. The molecule has 17 heavy (non-hydrogen) atoms. The van der Waals surface area contributed by atoms with Gasteiger partial charge in [-0.2, -0.15) is 0 Å². The number of hydrogen-bond acceptors (Lipinski definition) is 3. The van der Waals surface area contributed by atoms with Crippen LogP contribution in [0.5, 0.6) is 0 Å². The molecular formula is C13H17FN2S. The van der Waals surface area contributed by atoms with Gasteiger partial charge in [0.25, 0.3) is 0 Å². The van der Waals surface area contributed by atoms with E-state index in [0.717, 1.165) is 15.0 Å². The second kappa shape index (κ2) is 4.37. The van der Waals surface area contributed by atoms with E-state index >= 15 is 0 Å². The molecule has 0 spiro atoms. The largest absolute Gasteiger partial charge is 0.271 e. The molecule has 3 N–H and O–H groups in total. The molecule has 0 aliphatic rings. The van der Waals surface area contributed by atoms with Crippen LogP contribution >= 0.6 is 11.3 Å². The average molecular weight is 252 g/mol. The molecule has 0 fully saturated rings. The van der Waals surface area contributed by atoms with E-state index in [1.807, 2.05) is 0 Å². The Bertz CT molecular complexity index is 528. The topological polar surface area (TPSA) is 38.0 Å². The number of rotatable bonds is 2. The number of nitrogens with two attached hydrogens (primary N) is 1. The fourth-order valence-electron chi connectivity index (χ4n) is 1.93. The molecule has 0 amide bonds. The van der Waals surface area contributed by atoms with Crippen LogP contribution in [0.15, 0.2) is 24.3 Å². The van der Waals surface area contributed by atoms with E-state index in [1.54, 1.807) is 23.5 Å². The van der Waals surface area contributed by atoms with Crippen LogP contribution in [-0.2, 0) is 0 Å². The number of hydrazine groups is 1. The lowest BCUT2D eigenvalue weighted by atomic mass is 9.86. The first kappa shape index (κ1) is 12.5. The van der Waals surface area contributed by atoms with Gasteiger partial charge >= 0.3 is 0 Å². The molecule has 0 saturated heterocycles. The summed E-state index contributed by atoms with van der Waals surface area (Å²) in [5.74, 6) is 5.43. The van der Waals surface area contributed by atoms with Gasteiger partial charge in [0.15, 0.2) is 0 Å². The zero-order chi connectivity index (χ0) is 12.6. The van der Waals surface area contributed by atoms with Crippen molar-refractivity contribution in [3.63, 3.8) is 0 Å². The molecule has 1 atom stereocenters. The number of benzene rings is 1. The molecule has 0 radical (unpaired) electrons. The SMILES string of the molecule is CC(C)(C)C(NN)c1cc2ccc(F)cc2s1. The molecule has 2 nitrogen and oxygen atoms in total. The quantitative estimate of drug-likeness (QED) is 0.633. The van der Waals surface area contributed by atoms with Gasteiger partial charge in [0.1, 0.15) is 5.82 Å². The van der Waals surface area contributed by atoms with Crippen LogP contribution in [0.1, 0.15) is 31.7 Å². The molecule has 1 aromatic carbocycles. The van der Waals surface area contributed by atoms with Gasteiger partial charge in [-0.25, -0.2) is 4.39 Å². The molecule has 4 heteroatoms. The summed E-state index contributed by atoms with van der Waals surface area (Å²) in [4.78, 5) is 1.14. The third-order valence-electron chi connectivity index (χ3n) is 2.82. The summed E-state index contributed by atoms with van der Waals surface area (Å²) in [6.45, 7) is 6.38. The minimum Gasteiger partial charge on any atom is -0.271 e. The lowest BCUT2D eigenvalue weighted by molar-refractivity contribution is 0.279. The zero-order valence-corrected chi connectivity index (χ0v) is 11.1. The zero-order valence-electron chi connectivity index (χ0n) is 10.3. The standard InChI is InChI=1S/C13H17FN2S/c1-13(2,3)12(16-15)11-6-8-4-5-9(14)7-10(8)17-11/h4-7,12,16H,15H2,1-3H3. The molecule has 0 aliphatic heterocycles. The summed E-state index contributed by atoms with van der Waals surface area (Å²) >= 11 is 1.59. The van der Waals surface area contributed by atoms with Crippen molar-refractivity contribution in [1.82, 2.24) is 5.43 Å². The summed E-state index contributed by atoms with van der Waals surface area (Å²) < 4.78 is 14.1. The van der Waals surface area contributed by atoms with Gasteiger partial charge in [-0.3, -0.25) is 11.3 Å². The third-order valence-corrected chi connectivity index (χ3v) is 3.98. The van der Waals surface area contributed by atoms with Crippen LogP contribution in [-0.4, -0.2) is 0 Å². The molecule has 0 saturated carbocycles. The van der Waals surface area contributed by atoms with Gasteiger partial charge in [0.2, 0.25) is 0 Å². The molecule has 0 bridgehead atoms. The molecule has 1 aromatic heterocycles. The maximum absolute atomic E-state index is 13.1. The van der Waals surface area contributed by atoms with Gasteiger partial charge in [0.05, 0.1) is 6.04 Å². The maximum atomic E-state index is 13.1. The Hall–Kier alpha value is -0.970. The van der Waals surface area contributed by atoms with Crippen molar-refractivity contribution < 1.29 is 4.39 Å². The highest BCUT2D eigenvalue weighted by Gasteiger charge is 2.26. The first-order chi connectivity index (χ1) is 7.91. The smallest absolute Gasteiger partial charge is 0.124 e. The lowest BCUT2D eigenvalue weighted by Crippen LogP contribution is -2.36. The highest BCUT2D eigenvalue weighted by Crippen LogP contribution is 2.38. The Balaban J connectivity index is 2.48. The van der Waals surface area contributed by atoms with Gasteiger partial charge in [-0.1, -0.05) is 26.8 Å². The van der Waals surface area contributed by atoms with E-state index in [4.69, 9.17) is 5.84 Å². The molecule has 2 rings (SSSR count). The van der Waals surface area contributed by atoms with E-state index in [-0.39, 0.29) is 17.3 Å².